The third-order valence-electron chi connectivity index (χ3n) is 7.08. The van der Waals surface area contributed by atoms with Crippen LogP contribution in [-0.2, 0) is 26.1 Å². The molecule has 1 saturated carbocycles. The van der Waals surface area contributed by atoms with Gasteiger partial charge in [0.25, 0.3) is 0 Å². The summed E-state index contributed by atoms with van der Waals surface area (Å²) in [6, 6.07) is 10.2. The summed E-state index contributed by atoms with van der Waals surface area (Å²) in [5.41, 5.74) is 5.31. The number of piperazine rings is 1. The molecule has 0 spiro atoms. The molecular formula is C27H35N5O4S. The van der Waals surface area contributed by atoms with Gasteiger partial charge in [-0.25, -0.2) is 18.1 Å². The average molecular weight is 526 g/mol. The summed E-state index contributed by atoms with van der Waals surface area (Å²) in [6.45, 7) is 6.48. The van der Waals surface area contributed by atoms with E-state index in [-0.39, 0.29) is 18.5 Å². The first-order valence-corrected chi connectivity index (χ1v) is 14.5. The molecule has 2 aliphatic rings. The molecule has 1 unspecified atom stereocenters. The maximum Gasteiger partial charge on any atom is 0.225 e. The standard InChI is InChI=1S/C27H35N5O4S/c1-18-17-31(12-13-32(18)24(33)11-14-36-3)27-23(15-28)19(2)25(26(30-27)22-9-10-22)21-7-5-20(6-8-21)16-29-37(4,34)35/h5-8,18,22,29H,9-14,16-17H2,1-4H3. The summed E-state index contributed by atoms with van der Waals surface area (Å²) in [7, 11) is -1.68. The highest BCUT2D eigenvalue weighted by Crippen LogP contribution is 2.46. The number of pyridine rings is 1. The Hall–Kier alpha value is -3.00. The maximum absolute atomic E-state index is 12.6. The molecule has 1 atom stereocenters. The summed E-state index contributed by atoms with van der Waals surface area (Å²) in [4.78, 5) is 21.7. The molecule has 1 saturated heterocycles. The Kier molecular flexibility index (Phi) is 8.17. The summed E-state index contributed by atoms with van der Waals surface area (Å²) in [5.74, 6) is 1.15. The summed E-state index contributed by atoms with van der Waals surface area (Å²) < 4.78 is 30.4. The lowest BCUT2D eigenvalue weighted by Crippen LogP contribution is -2.54. The van der Waals surface area contributed by atoms with Crippen molar-refractivity contribution < 1.29 is 17.9 Å². The number of nitriles is 1. The molecule has 2 aromatic rings. The molecule has 1 amide bonds. The van der Waals surface area contributed by atoms with E-state index in [1.807, 2.05) is 43.0 Å². The summed E-state index contributed by atoms with van der Waals surface area (Å²) in [5, 5.41) is 10.2. The fourth-order valence-electron chi connectivity index (χ4n) is 4.95. The third kappa shape index (κ3) is 6.29. The van der Waals surface area contributed by atoms with E-state index in [0.717, 1.165) is 47.0 Å². The van der Waals surface area contributed by atoms with Crippen molar-refractivity contribution in [2.45, 2.75) is 51.6 Å². The molecule has 10 heteroatoms. The highest BCUT2D eigenvalue weighted by Gasteiger charge is 2.34. The van der Waals surface area contributed by atoms with Crippen LogP contribution in [0.5, 0.6) is 0 Å². The topological polar surface area (TPSA) is 116 Å². The molecule has 9 nitrogen and oxygen atoms in total. The predicted octanol–water partition coefficient (Wildman–Crippen LogP) is 2.93. The Labute approximate surface area is 219 Å². The van der Waals surface area contributed by atoms with Crippen molar-refractivity contribution in [1.82, 2.24) is 14.6 Å². The van der Waals surface area contributed by atoms with Crippen LogP contribution in [-0.4, -0.2) is 69.9 Å². The Morgan fingerprint density at radius 1 is 1.24 bits per heavy atom. The second kappa shape index (κ2) is 11.2. The van der Waals surface area contributed by atoms with Crippen LogP contribution in [0.3, 0.4) is 0 Å². The van der Waals surface area contributed by atoms with E-state index in [9.17, 15) is 18.5 Å². The normalized spacial score (nSPS) is 18.1. The van der Waals surface area contributed by atoms with Crippen molar-refractivity contribution in [1.29, 1.82) is 5.26 Å². The first-order chi connectivity index (χ1) is 17.6. The fourth-order valence-corrected chi connectivity index (χ4v) is 5.38. The van der Waals surface area contributed by atoms with Gasteiger partial charge in [0.05, 0.1) is 30.5 Å². The van der Waals surface area contributed by atoms with E-state index in [1.54, 1.807) is 7.11 Å². The number of hydrogen-bond acceptors (Lipinski definition) is 7. The number of ether oxygens (including phenoxy) is 1. The Bertz CT molecular complexity index is 1300. The average Bonchev–Trinajstić information content (AvgIpc) is 3.71. The quantitative estimate of drug-likeness (QED) is 0.535. The van der Waals surface area contributed by atoms with E-state index in [4.69, 9.17) is 9.72 Å². The second-order valence-corrected chi connectivity index (χ2v) is 11.8. The van der Waals surface area contributed by atoms with Crippen LogP contribution >= 0.6 is 0 Å². The zero-order valence-corrected chi connectivity index (χ0v) is 22.8. The van der Waals surface area contributed by atoms with E-state index < -0.39 is 10.0 Å². The van der Waals surface area contributed by atoms with Gasteiger partial charge in [-0.1, -0.05) is 24.3 Å². The number of nitrogens with zero attached hydrogens (tertiary/aromatic N) is 4. The van der Waals surface area contributed by atoms with Crippen molar-refractivity contribution in [3.63, 3.8) is 0 Å². The van der Waals surface area contributed by atoms with Gasteiger partial charge in [0.15, 0.2) is 0 Å². The number of aromatic nitrogens is 1. The molecule has 37 heavy (non-hydrogen) atoms. The van der Waals surface area contributed by atoms with Crippen LogP contribution in [0.25, 0.3) is 11.1 Å². The molecule has 1 aliphatic carbocycles. The van der Waals surface area contributed by atoms with Gasteiger partial charge in [0.1, 0.15) is 11.9 Å². The lowest BCUT2D eigenvalue weighted by Gasteiger charge is -2.41. The minimum atomic E-state index is -3.27. The van der Waals surface area contributed by atoms with Crippen LogP contribution in [0.15, 0.2) is 24.3 Å². The van der Waals surface area contributed by atoms with Crippen LogP contribution < -0.4 is 9.62 Å². The number of hydrogen-bond donors (Lipinski definition) is 1. The van der Waals surface area contributed by atoms with Gasteiger partial charge in [-0.3, -0.25) is 4.79 Å². The van der Waals surface area contributed by atoms with E-state index in [0.29, 0.717) is 50.0 Å². The van der Waals surface area contributed by atoms with Crippen LogP contribution in [0, 0.1) is 18.3 Å². The molecule has 1 aromatic heterocycles. The van der Waals surface area contributed by atoms with Crippen LogP contribution in [0.2, 0.25) is 0 Å². The smallest absolute Gasteiger partial charge is 0.225 e. The monoisotopic (exact) mass is 525 g/mol. The first kappa shape index (κ1) is 27.0. The largest absolute Gasteiger partial charge is 0.384 e. The number of nitrogens with one attached hydrogen (secondary N) is 1. The molecule has 4 rings (SSSR count). The first-order valence-electron chi connectivity index (χ1n) is 12.6. The van der Waals surface area contributed by atoms with Gasteiger partial charge in [-0.05, 0) is 43.4 Å². The zero-order valence-electron chi connectivity index (χ0n) is 22.0. The van der Waals surface area contributed by atoms with Crippen LogP contribution in [0.4, 0.5) is 5.82 Å². The Morgan fingerprint density at radius 2 is 1.95 bits per heavy atom. The van der Waals surface area contributed by atoms with Crippen molar-refractivity contribution in [3.05, 3.63) is 46.6 Å². The number of sulfonamides is 1. The molecule has 0 radical (unpaired) electrons. The lowest BCUT2D eigenvalue weighted by atomic mass is 9.92. The van der Waals surface area contributed by atoms with Gasteiger partial charge in [-0.2, -0.15) is 5.26 Å². The summed E-state index contributed by atoms with van der Waals surface area (Å²) >= 11 is 0. The SMILES string of the molecule is COCCC(=O)N1CCN(c2nc(C3CC3)c(-c3ccc(CNS(C)(=O)=O)cc3)c(C)c2C#N)CC1C. The number of benzene rings is 1. The van der Waals surface area contributed by atoms with Crippen molar-refractivity contribution in [3.8, 4) is 17.2 Å². The number of anilines is 1. The molecule has 198 valence electrons. The van der Waals surface area contributed by atoms with Gasteiger partial charge in [0, 0.05) is 50.8 Å². The fraction of sp³-hybridized carbons (Fsp3) is 0.519. The minimum Gasteiger partial charge on any atom is -0.384 e. The van der Waals surface area contributed by atoms with Gasteiger partial charge >= 0.3 is 0 Å². The summed E-state index contributed by atoms with van der Waals surface area (Å²) in [6.07, 6.45) is 3.65. The number of rotatable bonds is 9. The minimum absolute atomic E-state index is 0.00361. The van der Waals surface area contributed by atoms with Crippen molar-refractivity contribution in [2.24, 2.45) is 0 Å². The molecule has 2 fully saturated rings. The van der Waals surface area contributed by atoms with E-state index in [2.05, 4.69) is 15.7 Å². The van der Waals surface area contributed by atoms with Crippen molar-refractivity contribution >= 4 is 21.7 Å². The molecule has 1 aliphatic heterocycles. The molecular weight excluding hydrogens is 490 g/mol. The molecule has 1 N–H and O–H groups in total. The van der Waals surface area contributed by atoms with Crippen LogP contribution in [0.1, 0.15) is 54.5 Å². The second-order valence-electron chi connectivity index (χ2n) is 10.00. The highest BCUT2D eigenvalue weighted by atomic mass is 32.2. The van der Waals surface area contributed by atoms with E-state index in [1.165, 1.54) is 0 Å². The van der Waals surface area contributed by atoms with Gasteiger partial charge in [0.2, 0.25) is 15.9 Å². The van der Waals surface area contributed by atoms with Gasteiger partial charge in [-0.15, -0.1) is 0 Å². The Balaban J connectivity index is 1.63. The molecule has 2 heterocycles. The number of amides is 1. The number of carbonyl (C=O) groups is 1. The zero-order chi connectivity index (χ0) is 26.7. The highest BCUT2D eigenvalue weighted by molar-refractivity contribution is 7.88. The Morgan fingerprint density at radius 3 is 2.51 bits per heavy atom. The number of carbonyl (C=O) groups excluding carboxylic acids is 1. The third-order valence-corrected chi connectivity index (χ3v) is 7.75. The molecule has 1 aromatic carbocycles. The van der Waals surface area contributed by atoms with Crippen molar-refractivity contribution in [2.75, 3.05) is 44.5 Å². The predicted molar refractivity (Wildman–Crippen MR) is 143 cm³/mol. The lowest BCUT2D eigenvalue weighted by molar-refractivity contribution is -0.134. The maximum atomic E-state index is 12.6. The number of methoxy groups -OCH3 is 1. The van der Waals surface area contributed by atoms with E-state index >= 15 is 0 Å². The van der Waals surface area contributed by atoms with Gasteiger partial charge < -0.3 is 14.5 Å². The molecule has 0 bridgehead atoms.